The highest BCUT2D eigenvalue weighted by Crippen LogP contribution is 2.19. The summed E-state index contributed by atoms with van der Waals surface area (Å²) >= 11 is 0. The van der Waals surface area contributed by atoms with Crippen molar-refractivity contribution < 1.29 is 12.8 Å². The Labute approximate surface area is 114 Å². The van der Waals surface area contributed by atoms with E-state index in [1.807, 2.05) is 0 Å². The quantitative estimate of drug-likeness (QED) is 0.862. The van der Waals surface area contributed by atoms with E-state index in [0.29, 0.717) is 24.0 Å². The molecule has 0 amide bonds. The molecule has 1 atom stereocenters. The Morgan fingerprint density at radius 1 is 1.47 bits per heavy atom. The van der Waals surface area contributed by atoms with E-state index >= 15 is 0 Å². The first-order valence-corrected chi connectivity index (χ1v) is 8.25. The van der Waals surface area contributed by atoms with E-state index in [9.17, 15) is 8.42 Å². The normalized spacial score (nSPS) is 20.6. The molecule has 2 N–H and O–H groups in total. The first-order valence-electron chi connectivity index (χ1n) is 6.76. The zero-order valence-electron chi connectivity index (χ0n) is 11.5. The first kappa shape index (κ1) is 14.6. The minimum absolute atomic E-state index is 0.256. The van der Waals surface area contributed by atoms with Crippen molar-refractivity contribution in [3.63, 3.8) is 0 Å². The van der Waals surface area contributed by atoms with Crippen LogP contribution >= 0.6 is 0 Å². The van der Waals surface area contributed by atoms with Crippen molar-refractivity contribution in [3.8, 4) is 0 Å². The van der Waals surface area contributed by atoms with Gasteiger partial charge in [0.1, 0.15) is 16.4 Å². The van der Waals surface area contributed by atoms with Crippen molar-refractivity contribution in [3.05, 3.63) is 17.6 Å². The fourth-order valence-corrected chi connectivity index (χ4v) is 3.80. The van der Waals surface area contributed by atoms with Gasteiger partial charge in [0.25, 0.3) is 0 Å². The molecule has 19 heavy (non-hydrogen) atoms. The summed E-state index contributed by atoms with van der Waals surface area (Å²) in [6.07, 6.45) is 3.23. The molecule has 0 spiro atoms. The van der Waals surface area contributed by atoms with Gasteiger partial charge >= 0.3 is 0 Å². The summed E-state index contributed by atoms with van der Waals surface area (Å²) in [5, 5.41) is 3.33. The van der Waals surface area contributed by atoms with Gasteiger partial charge in [-0.3, -0.25) is 0 Å². The number of hydrogen-bond acceptors (Lipinski definition) is 4. The molecule has 0 radical (unpaired) electrons. The zero-order chi connectivity index (χ0) is 13.9. The van der Waals surface area contributed by atoms with E-state index in [1.54, 1.807) is 19.9 Å². The van der Waals surface area contributed by atoms with Gasteiger partial charge in [-0.2, -0.15) is 0 Å². The molecule has 0 unspecified atom stereocenters. The summed E-state index contributed by atoms with van der Waals surface area (Å²) in [6.45, 7) is 5.98. The van der Waals surface area contributed by atoms with Crippen molar-refractivity contribution >= 4 is 10.0 Å². The molecular weight excluding hydrogens is 264 g/mol. The standard InChI is InChI=1S/C13H22N2O3S/c1-10-8-13(11(2)18-10)19(16,17)15-7-5-12-4-3-6-14-9-12/h8,12,14-15H,3-7,9H2,1-2H3/t12-/m0/s1. The maximum Gasteiger partial charge on any atom is 0.244 e. The van der Waals surface area contributed by atoms with Gasteiger partial charge in [-0.05, 0) is 58.2 Å². The molecule has 108 valence electrons. The lowest BCUT2D eigenvalue weighted by atomic mass is 9.96. The van der Waals surface area contributed by atoms with Crippen molar-refractivity contribution in [2.45, 2.75) is 38.0 Å². The largest absolute Gasteiger partial charge is 0.465 e. The first-order chi connectivity index (χ1) is 8.99. The molecule has 0 bridgehead atoms. The molecular formula is C13H22N2O3S. The van der Waals surface area contributed by atoms with Gasteiger partial charge in [0, 0.05) is 6.54 Å². The molecule has 0 aromatic carbocycles. The fraction of sp³-hybridized carbons (Fsp3) is 0.692. The van der Waals surface area contributed by atoms with Gasteiger partial charge in [0.15, 0.2) is 0 Å². The summed E-state index contributed by atoms with van der Waals surface area (Å²) < 4.78 is 32.2. The molecule has 1 fully saturated rings. The molecule has 0 aliphatic carbocycles. The van der Waals surface area contributed by atoms with E-state index in [0.717, 1.165) is 19.5 Å². The van der Waals surface area contributed by atoms with Crippen LogP contribution < -0.4 is 10.0 Å². The second-order valence-electron chi connectivity index (χ2n) is 5.18. The predicted molar refractivity (Wildman–Crippen MR) is 73.6 cm³/mol. The topological polar surface area (TPSA) is 71.3 Å². The number of furan rings is 1. The molecule has 6 heteroatoms. The van der Waals surface area contributed by atoms with Gasteiger partial charge in [-0.1, -0.05) is 0 Å². The SMILES string of the molecule is Cc1cc(S(=O)(=O)NCC[C@@H]2CCCNC2)c(C)o1. The lowest BCUT2D eigenvalue weighted by Crippen LogP contribution is -2.33. The van der Waals surface area contributed by atoms with Crippen LogP contribution in [0.3, 0.4) is 0 Å². The minimum atomic E-state index is -3.44. The number of hydrogen-bond donors (Lipinski definition) is 2. The Hall–Kier alpha value is -0.850. The highest BCUT2D eigenvalue weighted by Gasteiger charge is 2.21. The van der Waals surface area contributed by atoms with E-state index in [2.05, 4.69) is 10.0 Å². The van der Waals surface area contributed by atoms with Gasteiger partial charge in [0.05, 0.1) is 0 Å². The van der Waals surface area contributed by atoms with Crippen molar-refractivity contribution in [1.29, 1.82) is 0 Å². The molecule has 1 aromatic rings. The van der Waals surface area contributed by atoms with Gasteiger partial charge < -0.3 is 9.73 Å². The number of nitrogens with one attached hydrogen (secondary N) is 2. The van der Waals surface area contributed by atoms with Crippen molar-refractivity contribution in [2.24, 2.45) is 5.92 Å². The van der Waals surface area contributed by atoms with Gasteiger partial charge in [-0.25, -0.2) is 13.1 Å². The smallest absolute Gasteiger partial charge is 0.244 e. The summed E-state index contributed by atoms with van der Waals surface area (Å²) in [5.41, 5.74) is 0. The van der Waals surface area contributed by atoms with Crippen LogP contribution in [0.5, 0.6) is 0 Å². The molecule has 1 aromatic heterocycles. The lowest BCUT2D eigenvalue weighted by Gasteiger charge is -2.22. The third-order valence-electron chi connectivity index (χ3n) is 3.53. The zero-order valence-corrected chi connectivity index (χ0v) is 12.3. The molecule has 1 aliphatic rings. The summed E-state index contributed by atoms with van der Waals surface area (Å²) in [7, 11) is -3.44. The minimum Gasteiger partial charge on any atom is -0.465 e. The lowest BCUT2D eigenvalue weighted by molar-refractivity contribution is 0.358. The second-order valence-corrected chi connectivity index (χ2v) is 6.91. The van der Waals surface area contributed by atoms with Crippen LogP contribution in [0.25, 0.3) is 0 Å². The van der Waals surface area contributed by atoms with Crippen LogP contribution in [0.1, 0.15) is 30.8 Å². The van der Waals surface area contributed by atoms with Crippen LogP contribution in [0.15, 0.2) is 15.4 Å². The number of sulfonamides is 1. The summed E-state index contributed by atoms with van der Waals surface area (Å²) in [6, 6.07) is 1.57. The highest BCUT2D eigenvalue weighted by molar-refractivity contribution is 7.89. The van der Waals surface area contributed by atoms with Gasteiger partial charge in [-0.15, -0.1) is 0 Å². The molecule has 2 rings (SSSR count). The molecule has 2 heterocycles. The molecule has 5 nitrogen and oxygen atoms in total. The molecule has 0 saturated carbocycles. The van der Waals surface area contributed by atoms with E-state index in [1.165, 1.54) is 12.8 Å². The Bertz CT molecular complexity index is 516. The average Bonchev–Trinajstić information content (AvgIpc) is 2.70. The van der Waals surface area contributed by atoms with Crippen molar-refractivity contribution in [2.75, 3.05) is 19.6 Å². The maximum absolute atomic E-state index is 12.1. The fourth-order valence-electron chi connectivity index (χ4n) is 2.52. The highest BCUT2D eigenvalue weighted by atomic mass is 32.2. The predicted octanol–water partition coefficient (Wildman–Crippen LogP) is 1.56. The van der Waals surface area contributed by atoms with Crippen LogP contribution in [0.4, 0.5) is 0 Å². The number of aryl methyl sites for hydroxylation is 2. The second kappa shape index (κ2) is 6.07. The average molecular weight is 286 g/mol. The third-order valence-corrected chi connectivity index (χ3v) is 5.10. The van der Waals surface area contributed by atoms with Crippen LogP contribution in [0, 0.1) is 19.8 Å². The van der Waals surface area contributed by atoms with Crippen LogP contribution in [0.2, 0.25) is 0 Å². The monoisotopic (exact) mass is 286 g/mol. The van der Waals surface area contributed by atoms with Crippen molar-refractivity contribution in [1.82, 2.24) is 10.0 Å². The number of rotatable bonds is 5. The maximum atomic E-state index is 12.1. The van der Waals surface area contributed by atoms with E-state index in [4.69, 9.17) is 4.42 Å². The Morgan fingerprint density at radius 2 is 2.26 bits per heavy atom. The molecule has 1 saturated heterocycles. The Morgan fingerprint density at radius 3 is 2.84 bits per heavy atom. The molecule has 1 aliphatic heterocycles. The van der Waals surface area contributed by atoms with Crippen LogP contribution in [-0.2, 0) is 10.0 Å². The third kappa shape index (κ3) is 3.81. The number of piperidine rings is 1. The Balaban J connectivity index is 1.89. The van der Waals surface area contributed by atoms with Gasteiger partial charge in [0.2, 0.25) is 10.0 Å². The van der Waals surface area contributed by atoms with Crippen LogP contribution in [-0.4, -0.2) is 28.1 Å². The summed E-state index contributed by atoms with van der Waals surface area (Å²) in [4.78, 5) is 0.256. The van der Waals surface area contributed by atoms with E-state index in [-0.39, 0.29) is 4.90 Å². The Kier molecular flexibility index (Phi) is 4.65. The van der Waals surface area contributed by atoms with E-state index < -0.39 is 10.0 Å². The summed E-state index contributed by atoms with van der Waals surface area (Å²) in [5.74, 6) is 1.64.